The highest BCUT2D eigenvalue weighted by Gasteiger charge is 2.34. The van der Waals surface area contributed by atoms with Gasteiger partial charge in [-0.3, -0.25) is 13.9 Å². The molecule has 0 spiro atoms. The fourth-order valence-electron chi connectivity index (χ4n) is 4.91. The van der Waals surface area contributed by atoms with Crippen LogP contribution in [0.2, 0.25) is 15.1 Å². The van der Waals surface area contributed by atoms with E-state index in [0.717, 1.165) is 30.0 Å². The van der Waals surface area contributed by atoms with Crippen molar-refractivity contribution in [1.29, 1.82) is 0 Å². The van der Waals surface area contributed by atoms with Gasteiger partial charge in [0.25, 0.3) is 10.0 Å². The van der Waals surface area contributed by atoms with E-state index >= 15 is 0 Å². The lowest BCUT2D eigenvalue weighted by Gasteiger charge is -2.33. The van der Waals surface area contributed by atoms with Crippen molar-refractivity contribution in [3.8, 4) is 0 Å². The number of aryl methyl sites for hydroxylation is 1. The van der Waals surface area contributed by atoms with Gasteiger partial charge in [0.1, 0.15) is 12.6 Å². The van der Waals surface area contributed by atoms with Crippen molar-refractivity contribution in [3.63, 3.8) is 0 Å². The van der Waals surface area contributed by atoms with E-state index in [9.17, 15) is 18.0 Å². The third kappa shape index (κ3) is 7.36. The van der Waals surface area contributed by atoms with Crippen LogP contribution in [0.1, 0.15) is 43.7 Å². The summed E-state index contributed by atoms with van der Waals surface area (Å²) in [6.45, 7) is 2.68. The van der Waals surface area contributed by atoms with Crippen LogP contribution >= 0.6 is 34.8 Å². The number of halogens is 3. The summed E-state index contributed by atoms with van der Waals surface area (Å²) in [7, 11) is -4.20. The maximum atomic E-state index is 14.1. The molecule has 1 fully saturated rings. The van der Waals surface area contributed by atoms with Gasteiger partial charge in [0.05, 0.1) is 10.6 Å². The SMILES string of the molecule is Cc1ccc(Cl)cc1N(CC(=O)N(Cc1c(Cl)cccc1Cl)C(C)C(=O)NC1CCCC1)S(=O)(=O)c1ccccc1. The maximum Gasteiger partial charge on any atom is 0.264 e. The highest BCUT2D eigenvalue weighted by molar-refractivity contribution is 7.92. The minimum absolute atomic E-state index is 0.0138. The first-order chi connectivity index (χ1) is 19.5. The van der Waals surface area contributed by atoms with Gasteiger partial charge < -0.3 is 10.2 Å². The van der Waals surface area contributed by atoms with Crippen molar-refractivity contribution in [3.05, 3.63) is 92.9 Å². The monoisotopic (exact) mass is 635 g/mol. The first-order valence-corrected chi connectivity index (χ1v) is 15.9. The predicted molar refractivity (Wildman–Crippen MR) is 164 cm³/mol. The average molecular weight is 637 g/mol. The lowest BCUT2D eigenvalue weighted by molar-refractivity contribution is -0.139. The second-order valence-corrected chi connectivity index (χ2v) is 13.3. The van der Waals surface area contributed by atoms with Gasteiger partial charge in [0.15, 0.2) is 0 Å². The molecule has 3 aromatic carbocycles. The number of anilines is 1. The number of carbonyl (C=O) groups excluding carboxylic acids is 2. The summed E-state index contributed by atoms with van der Waals surface area (Å²) < 4.78 is 28.9. The van der Waals surface area contributed by atoms with Crippen molar-refractivity contribution in [1.82, 2.24) is 10.2 Å². The number of nitrogens with one attached hydrogen (secondary N) is 1. The Labute approximate surface area is 256 Å². The molecule has 0 radical (unpaired) electrons. The number of carbonyl (C=O) groups is 2. The Morgan fingerprint density at radius 3 is 2.22 bits per heavy atom. The first kappa shape index (κ1) is 31.2. The predicted octanol–water partition coefficient (Wildman–Crippen LogP) is 6.63. The topological polar surface area (TPSA) is 86.8 Å². The van der Waals surface area contributed by atoms with Crippen molar-refractivity contribution >= 4 is 62.3 Å². The third-order valence-electron chi connectivity index (χ3n) is 7.31. The molecule has 0 bridgehead atoms. The van der Waals surface area contributed by atoms with Crippen LogP contribution in [0, 0.1) is 6.92 Å². The van der Waals surface area contributed by atoms with Gasteiger partial charge in [0, 0.05) is 33.2 Å². The molecule has 1 aliphatic rings. The molecule has 2 amide bonds. The molecular formula is C30H32Cl3N3O4S. The number of hydrogen-bond acceptors (Lipinski definition) is 4. The van der Waals surface area contributed by atoms with E-state index in [4.69, 9.17) is 34.8 Å². The normalized spacial score (nSPS) is 14.5. The second kappa shape index (κ2) is 13.5. The zero-order valence-corrected chi connectivity index (χ0v) is 25.9. The summed E-state index contributed by atoms with van der Waals surface area (Å²) in [5, 5.41) is 4.02. The van der Waals surface area contributed by atoms with Gasteiger partial charge in [-0.25, -0.2) is 8.42 Å². The molecule has 3 aromatic rings. The maximum absolute atomic E-state index is 14.1. The lowest BCUT2D eigenvalue weighted by atomic mass is 10.1. The van der Waals surface area contributed by atoms with E-state index < -0.39 is 28.5 Å². The van der Waals surface area contributed by atoms with Gasteiger partial charge >= 0.3 is 0 Å². The van der Waals surface area contributed by atoms with E-state index in [-0.39, 0.29) is 29.1 Å². The zero-order valence-electron chi connectivity index (χ0n) is 22.8. The molecule has 218 valence electrons. The fourth-order valence-corrected chi connectivity index (χ4v) is 7.09. The van der Waals surface area contributed by atoms with Crippen LogP contribution in [0.25, 0.3) is 0 Å². The van der Waals surface area contributed by atoms with E-state index in [2.05, 4.69) is 5.32 Å². The standard InChI is InChI=1S/C30H32Cl3N3O4S/c1-20-15-16-22(31)17-28(20)36(41(39,40)24-11-4-3-5-12-24)19-29(37)35(18-25-26(32)13-8-14-27(25)33)21(2)30(38)34-23-9-6-7-10-23/h3-5,8,11-17,21,23H,6-7,9-10,18-19H2,1-2H3,(H,34,38). The van der Waals surface area contributed by atoms with Gasteiger partial charge in [-0.2, -0.15) is 0 Å². The van der Waals surface area contributed by atoms with Crippen molar-refractivity contribution in [2.24, 2.45) is 0 Å². The molecule has 1 aliphatic carbocycles. The minimum Gasteiger partial charge on any atom is -0.352 e. The Bertz CT molecular complexity index is 1490. The van der Waals surface area contributed by atoms with Crippen LogP contribution < -0.4 is 9.62 Å². The van der Waals surface area contributed by atoms with E-state index in [1.54, 1.807) is 62.4 Å². The van der Waals surface area contributed by atoms with Crippen LogP contribution in [0.3, 0.4) is 0 Å². The van der Waals surface area contributed by atoms with E-state index in [0.29, 0.717) is 26.2 Å². The minimum atomic E-state index is -4.20. The van der Waals surface area contributed by atoms with E-state index in [1.165, 1.54) is 23.1 Å². The quantitative estimate of drug-likeness (QED) is 0.271. The molecule has 1 atom stereocenters. The molecule has 0 saturated heterocycles. The molecule has 0 heterocycles. The summed E-state index contributed by atoms with van der Waals surface area (Å²) >= 11 is 19.2. The van der Waals surface area contributed by atoms with Crippen LogP contribution in [0.15, 0.2) is 71.6 Å². The van der Waals surface area contributed by atoms with Crippen LogP contribution in [-0.4, -0.2) is 43.8 Å². The van der Waals surface area contributed by atoms with Gasteiger partial charge in [-0.05, 0) is 68.7 Å². The van der Waals surface area contributed by atoms with Crippen LogP contribution in [-0.2, 0) is 26.2 Å². The highest BCUT2D eigenvalue weighted by atomic mass is 35.5. The summed E-state index contributed by atoms with van der Waals surface area (Å²) in [5.74, 6) is -0.932. The smallest absolute Gasteiger partial charge is 0.264 e. The molecule has 11 heteroatoms. The zero-order chi connectivity index (χ0) is 29.7. The summed E-state index contributed by atoms with van der Waals surface area (Å²) in [4.78, 5) is 28.8. The molecule has 7 nitrogen and oxygen atoms in total. The Balaban J connectivity index is 1.74. The van der Waals surface area contributed by atoms with E-state index in [1.807, 2.05) is 0 Å². The molecule has 1 saturated carbocycles. The Morgan fingerprint density at radius 1 is 0.951 bits per heavy atom. The number of amides is 2. The lowest BCUT2D eigenvalue weighted by Crippen LogP contribution is -2.52. The number of rotatable bonds is 10. The summed E-state index contributed by atoms with van der Waals surface area (Å²) in [5.41, 5.74) is 1.32. The molecule has 1 unspecified atom stereocenters. The number of nitrogens with zero attached hydrogens (tertiary/aromatic N) is 2. The van der Waals surface area contributed by atoms with Crippen LogP contribution in [0.4, 0.5) is 5.69 Å². The molecule has 0 aromatic heterocycles. The second-order valence-electron chi connectivity index (χ2n) is 10.1. The molecule has 41 heavy (non-hydrogen) atoms. The van der Waals surface area contributed by atoms with Gasteiger partial charge in [-0.1, -0.05) is 78.0 Å². The number of benzene rings is 3. The molecular weight excluding hydrogens is 605 g/mol. The summed E-state index contributed by atoms with van der Waals surface area (Å²) in [6.07, 6.45) is 3.81. The van der Waals surface area contributed by atoms with Crippen molar-refractivity contribution in [2.45, 2.75) is 63.1 Å². The Kier molecular flexibility index (Phi) is 10.2. The summed E-state index contributed by atoms with van der Waals surface area (Å²) in [6, 6.07) is 16.8. The Morgan fingerprint density at radius 2 is 1.59 bits per heavy atom. The average Bonchev–Trinajstić information content (AvgIpc) is 3.46. The van der Waals surface area contributed by atoms with Crippen LogP contribution in [0.5, 0.6) is 0 Å². The fraction of sp³-hybridized carbons (Fsp3) is 0.333. The number of hydrogen-bond donors (Lipinski definition) is 1. The largest absolute Gasteiger partial charge is 0.352 e. The van der Waals surface area contributed by atoms with Crippen molar-refractivity contribution < 1.29 is 18.0 Å². The number of sulfonamides is 1. The molecule has 4 rings (SSSR count). The van der Waals surface area contributed by atoms with Gasteiger partial charge in [-0.15, -0.1) is 0 Å². The third-order valence-corrected chi connectivity index (χ3v) is 10.0. The van der Waals surface area contributed by atoms with Gasteiger partial charge in [0.2, 0.25) is 11.8 Å². The first-order valence-electron chi connectivity index (χ1n) is 13.4. The Hall–Kier alpha value is -2.78. The molecule has 0 aliphatic heterocycles. The van der Waals surface area contributed by atoms with Crippen molar-refractivity contribution in [2.75, 3.05) is 10.8 Å². The highest BCUT2D eigenvalue weighted by Crippen LogP contribution is 2.31. The molecule has 1 N–H and O–H groups in total.